The number of aromatic nitrogens is 2. The lowest BCUT2D eigenvalue weighted by atomic mass is 10.4. The highest BCUT2D eigenvalue weighted by atomic mass is 16.1. The lowest BCUT2D eigenvalue weighted by Crippen LogP contribution is -2.35. The first-order valence-corrected chi connectivity index (χ1v) is 6.64. The van der Waals surface area contributed by atoms with E-state index < -0.39 is 0 Å². The molecular weight excluding hydrogens is 228 g/mol. The Hall–Kier alpha value is -1.36. The predicted molar refractivity (Wildman–Crippen MR) is 72.4 cm³/mol. The first kappa shape index (κ1) is 14.7. The summed E-state index contributed by atoms with van der Waals surface area (Å²) in [6.07, 6.45) is 2.39. The summed E-state index contributed by atoms with van der Waals surface area (Å²) >= 11 is 0. The van der Waals surface area contributed by atoms with E-state index in [9.17, 15) is 4.79 Å². The highest BCUT2D eigenvalue weighted by Crippen LogP contribution is 1.94. The Labute approximate surface area is 109 Å². The van der Waals surface area contributed by atoms with E-state index in [1.807, 2.05) is 19.2 Å². The van der Waals surface area contributed by atoms with Gasteiger partial charge in [-0.15, -0.1) is 0 Å². The Bertz CT molecular complexity index is 358. The molecule has 5 nitrogen and oxygen atoms in total. The molecule has 102 valence electrons. The third kappa shape index (κ3) is 5.31. The number of nitrogens with one attached hydrogen (secondary N) is 1. The zero-order chi connectivity index (χ0) is 13.4. The van der Waals surface area contributed by atoms with Gasteiger partial charge in [-0.25, -0.2) is 0 Å². The Balaban J connectivity index is 2.14. The van der Waals surface area contributed by atoms with E-state index in [0.29, 0.717) is 13.0 Å². The number of rotatable bonds is 8. The molecule has 0 radical (unpaired) electrons. The van der Waals surface area contributed by atoms with Gasteiger partial charge in [0.25, 0.3) is 0 Å². The summed E-state index contributed by atoms with van der Waals surface area (Å²) in [5, 5.41) is 7.18. The second kappa shape index (κ2) is 7.87. The normalized spacial score (nSPS) is 10.9. The van der Waals surface area contributed by atoms with Crippen LogP contribution in [0.3, 0.4) is 0 Å². The molecule has 0 unspecified atom stereocenters. The van der Waals surface area contributed by atoms with Gasteiger partial charge in [0, 0.05) is 32.3 Å². The van der Waals surface area contributed by atoms with Crippen molar-refractivity contribution in [3.05, 3.63) is 18.0 Å². The predicted octanol–water partition coefficient (Wildman–Crippen LogP) is 1.04. The van der Waals surface area contributed by atoms with Crippen molar-refractivity contribution in [2.24, 2.45) is 0 Å². The number of aryl methyl sites for hydroxylation is 2. The highest BCUT2D eigenvalue weighted by Gasteiger charge is 2.03. The standard InChI is InChI=1S/C13H24N4O/c1-4-16(5-2)11-8-14-13(18)7-10-17-9-6-12(3)15-17/h6,9H,4-5,7-8,10-11H2,1-3H3,(H,14,18). The van der Waals surface area contributed by atoms with Crippen molar-refractivity contribution in [2.45, 2.75) is 33.7 Å². The van der Waals surface area contributed by atoms with Crippen LogP contribution in [0.15, 0.2) is 12.3 Å². The number of hydrogen-bond acceptors (Lipinski definition) is 3. The maximum Gasteiger partial charge on any atom is 0.221 e. The number of carbonyl (C=O) groups excluding carboxylic acids is 1. The highest BCUT2D eigenvalue weighted by molar-refractivity contribution is 5.75. The summed E-state index contributed by atoms with van der Waals surface area (Å²) in [7, 11) is 0. The summed E-state index contributed by atoms with van der Waals surface area (Å²) in [5.74, 6) is 0.0929. The van der Waals surface area contributed by atoms with Crippen LogP contribution in [0.1, 0.15) is 26.0 Å². The van der Waals surface area contributed by atoms with E-state index in [1.165, 1.54) is 0 Å². The second-order valence-electron chi connectivity index (χ2n) is 4.35. The van der Waals surface area contributed by atoms with Crippen LogP contribution >= 0.6 is 0 Å². The van der Waals surface area contributed by atoms with Crippen molar-refractivity contribution in [1.82, 2.24) is 20.0 Å². The molecule has 0 aliphatic heterocycles. The molecule has 0 aliphatic carbocycles. The maximum atomic E-state index is 11.6. The summed E-state index contributed by atoms with van der Waals surface area (Å²) in [6, 6.07) is 1.94. The van der Waals surface area contributed by atoms with Crippen LogP contribution in [0.25, 0.3) is 0 Å². The Morgan fingerprint density at radius 2 is 2.17 bits per heavy atom. The maximum absolute atomic E-state index is 11.6. The number of carbonyl (C=O) groups is 1. The van der Waals surface area contributed by atoms with Gasteiger partial charge in [0.15, 0.2) is 0 Å². The van der Waals surface area contributed by atoms with Crippen LogP contribution in [0.4, 0.5) is 0 Å². The molecule has 0 saturated carbocycles. The fraction of sp³-hybridized carbons (Fsp3) is 0.692. The molecule has 5 heteroatoms. The van der Waals surface area contributed by atoms with Crippen LogP contribution in [0, 0.1) is 6.92 Å². The molecule has 1 rings (SSSR count). The van der Waals surface area contributed by atoms with Gasteiger partial charge in [-0.05, 0) is 26.1 Å². The van der Waals surface area contributed by atoms with Crippen molar-refractivity contribution in [3.63, 3.8) is 0 Å². The number of likely N-dealkylation sites (N-methyl/N-ethyl adjacent to an activating group) is 1. The molecule has 1 aromatic heterocycles. The summed E-state index contributed by atoms with van der Waals surface area (Å²) in [4.78, 5) is 13.9. The average molecular weight is 252 g/mol. The van der Waals surface area contributed by atoms with Gasteiger partial charge in [-0.1, -0.05) is 13.8 Å². The first-order valence-electron chi connectivity index (χ1n) is 6.64. The van der Waals surface area contributed by atoms with Crippen LogP contribution < -0.4 is 5.32 Å². The van der Waals surface area contributed by atoms with Crippen molar-refractivity contribution in [3.8, 4) is 0 Å². The third-order valence-corrected chi connectivity index (χ3v) is 2.99. The largest absolute Gasteiger partial charge is 0.355 e. The first-order chi connectivity index (χ1) is 8.65. The summed E-state index contributed by atoms with van der Waals surface area (Å²) in [5.41, 5.74) is 0.983. The van der Waals surface area contributed by atoms with Crippen LogP contribution in [-0.2, 0) is 11.3 Å². The molecule has 0 aromatic carbocycles. The molecule has 0 saturated heterocycles. The van der Waals surface area contributed by atoms with Gasteiger partial charge in [-0.2, -0.15) is 5.10 Å². The molecule has 0 fully saturated rings. The molecule has 1 N–H and O–H groups in total. The van der Waals surface area contributed by atoms with E-state index in [0.717, 1.165) is 31.9 Å². The lowest BCUT2D eigenvalue weighted by molar-refractivity contribution is -0.121. The number of nitrogens with zero attached hydrogens (tertiary/aromatic N) is 3. The molecule has 1 aromatic rings. The second-order valence-corrected chi connectivity index (χ2v) is 4.35. The minimum absolute atomic E-state index is 0.0929. The molecule has 18 heavy (non-hydrogen) atoms. The van der Waals surface area contributed by atoms with Crippen molar-refractivity contribution >= 4 is 5.91 Å². The van der Waals surface area contributed by atoms with Gasteiger partial charge >= 0.3 is 0 Å². The minimum Gasteiger partial charge on any atom is -0.355 e. The summed E-state index contributed by atoms with van der Waals surface area (Å²) < 4.78 is 1.80. The lowest BCUT2D eigenvalue weighted by Gasteiger charge is -2.17. The van der Waals surface area contributed by atoms with Crippen LogP contribution in [0.5, 0.6) is 0 Å². The van der Waals surface area contributed by atoms with Crippen LogP contribution in [-0.4, -0.2) is 46.8 Å². The Morgan fingerprint density at radius 1 is 1.44 bits per heavy atom. The van der Waals surface area contributed by atoms with Gasteiger partial charge < -0.3 is 10.2 Å². The average Bonchev–Trinajstić information content (AvgIpc) is 2.78. The molecule has 0 spiro atoms. The van der Waals surface area contributed by atoms with Gasteiger partial charge in [0.05, 0.1) is 5.69 Å². The number of amides is 1. The van der Waals surface area contributed by atoms with Gasteiger partial charge in [0.1, 0.15) is 0 Å². The topological polar surface area (TPSA) is 50.2 Å². The Morgan fingerprint density at radius 3 is 2.72 bits per heavy atom. The van der Waals surface area contributed by atoms with Gasteiger partial charge in [-0.3, -0.25) is 9.48 Å². The fourth-order valence-electron chi connectivity index (χ4n) is 1.79. The molecule has 0 aliphatic rings. The molecular formula is C13H24N4O. The molecule has 0 bridgehead atoms. The SMILES string of the molecule is CCN(CC)CCNC(=O)CCn1ccc(C)n1. The number of hydrogen-bond donors (Lipinski definition) is 1. The van der Waals surface area contributed by atoms with E-state index in [4.69, 9.17) is 0 Å². The van der Waals surface area contributed by atoms with Gasteiger partial charge in [0.2, 0.25) is 5.91 Å². The monoisotopic (exact) mass is 252 g/mol. The summed E-state index contributed by atoms with van der Waals surface area (Å²) in [6.45, 7) is 10.5. The molecule has 1 heterocycles. The van der Waals surface area contributed by atoms with Crippen LogP contribution in [0.2, 0.25) is 0 Å². The van der Waals surface area contributed by atoms with E-state index in [1.54, 1.807) is 4.68 Å². The Kier molecular flexibility index (Phi) is 6.43. The zero-order valence-corrected chi connectivity index (χ0v) is 11.6. The van der Waals surface area contributed by atoms with E-state index in [2.05, 4.69) is 29.2 Å². The van der Waals surface area contributed by atoms with Crippen molar-refractivity contribution in [1.29, 1.82) is 0 Å². The minimum atomic E-state index is 0.0929. The zero-order valence-electron chi connectivity index (χ0n) is 11.6. The van der Waals surface area contributed by atoms with Crippen molar-refractivity contribution < 1.29 is 4.79 Å². The third-order valence-electron chi connectivity index (χ3n) is 2.99. The van der Waals surface area contributed by atoms with E-state index >= 15 is 0 Å². The molecule has 0 atom stereocenters. The van der Waals surface area contributed by atoms with E-state index in [-0.39, 0.29) is 5.91 Å². The fourth-order valence-corrected chi connectivity index (χ4v) is 1.79. The quantitative estimate of drug-likeness (QED) is 0.752. The molecule has 1 amide bonds. The smallest absolute Gasteiger partial charge is 0.221 e. The van der Waals surface area contributed by atoms with Crippen molar-refractivity contribution in [2.75, 3.05) is 26.2 Å².